The van der Waals surface area contributed by atoms with Crippen LogP contribution >= 0.6 is 0 Å². The van der Waals surface area contributed by atoms with Crippen LogP contribution in [0.15, 0.2) is 48.5 Å². The van der Waals surface area contributed by atoms with Crippen LogP contribution in [0.1, 0.15) is 47.8 Å². The molecule has 40 heavy (non-hydrogen) atoms. The minimum Gasteiger partial charge on any atom is -0.493 e. The van der Waals surface area contributed by atoms with Crippen molar-refractivity contribution >= 4 is 31.7 Å². The fraction of sp³-hybridized carbons (Fsp3) is 0.438. The molecular weight excluding hydrogens is 524 g/mol. The van der Waals surface area contributed by atoms with E-state index >= 15 is 0 Å². The number of nitrogens with zero attached hydrogens (tertiary/aromatic N) is 2. The summed E-state index contributed by atoms with van der Waals surface area (Å²) in [5, 5.41) is 15.9. The second-order valence-electron chi connectivity index (χ2n) is 12.7. The zero-order chi connectivity index (χ0) is 27.2. The summed E-state index contributed by atoms with van der Waals surface area (Å²) in [6.07, 6.45) is 5.00. The summed E-state index contributed by atoms with van der Waals surface area (Å²) in [4.78, 5) is 2.53. The van der Waals surface area contributed by atoms with Gasteiger partial charge in [-0.2, -0.15) is 0 Å². The van der Waals surface area contributed by atoms with E-state index in [1.165, 1.54) is 28.6 Å². The lowest BCUT2D eigenvalue weighted by Crippen LogP contribution is -2.74. The maximum atomic E-state index is 13.7. The molecule has 3 aromatic carbocycles. The van der Waals surface area contributed by atoms with Crippen molar-refractivity contribution in [2.45, 2.75) is 55.3 Å². The summed E-state index contributed by atoms with van der Waals surface area (Å²) in [6.45, 7) is 1.87. The number of likely N-dealkylation sites (tertiary alicyclic amines) is 1. The summed E-state index contributed by atoms with van der Waals surface area (Å²) in [7, 11) is -2.08. The number of ether oxygens (including phenoxy) is 2. The number of hydrogen-bond donors (Lipinski definition) is 1. The molecule has 2 fully saturated rings. The smallest absolute Gasteiger partial charge is 0.236 e. The highest BCUT2D eigenvalue weighted by Gasteiger charge is 2.73. The lowest BCUT2D eigenvalue weighted by molar-refractivity contribution is -0.173. The first-order valence-electron chi connectivity index (χ1n) is 14.3. The van der Waals surface area contributed by atoms with Gasteiger partial charge in [-0.3, -0.25) is 4.90 Å². The molecule has 2 unspecified atom stereocenters. The van der Waals surface area contributed by atoms with Crippen molar-refractivity contribution in [2.24, 2.45) is 5.92 Å². The summed E-state index contributed by atoms with van der Waals surface area (Å²) < 4.78 is 41.7. The number of aromatic nitrogens is 1. The summed E-state index contributed by atoms with van der Waals surface area (Å²) in [5.74, 6) is 2.01. The van der Waals surface area contributed by atoms with Gasteiger partial charge in [0, 0.05) is 35.3 Å². The fourth-order valence-electron chi connectivity index (χ4n) is 8.97. The summed E-state index contributed by atoms with van der Waals surface area (Å²) in [5.41, 5.74) is 2.59. The van der Waals surface area contributed by atoms with Crippen LogP contribution in [-0.2, 0) is 28.3 Å². The lowest BCUT2D eigenvalue weighted by atomic mass is 9.49. The fourth-order valence-corrected chi connectivity index (χ4v) is 10.1. The predicted octanol–water partition coefficient (Wildman–Crippen LogP) is 4.31. The van der Waals surface area contributed by atoms with Crippen molar-refractivity contribution in [3.05, 3.63) is 70.9 Å². The molecule has 5 aliphatic rings. The normalized spacial score (nSPS) is 30.3. The second-order valence-corrected chi connectivity index (χ2v) is 14.5. The van der Waals surface area contributed by atoms with Crippen LogP contribution in [0.5, 0.6) is 11.5 Å². The zero-order valence-corrected chi connectivity index (χ0v) is 23.5. The molecule has 3 heterocycles. The van der Waals surface area contributed by atoms with E-state index in [4.69, 9.17) is 9.47 Å². The Bertz CT molecular complexity index is 1890. The molecule has 0 radical (unpaired) electrons. The van der Waals surface area contributed by atoms with Gasteiger partial charge in [0.2, 0.25) is 10.0 Å². The molecule has 1 saturated carbocycles. The van der Waals surface area contributed by atoms with Crippen LogP contribution in [0.2, 0.25) is 0 Å². The van der Waals surface area contributed by atoms with Crippen LogP contribution in [0.3, 0.4) is 0 Å². The topological polar surface area (TPSA) is 81.0 Å². The number of piperidine rings is 1. The summed E-state index contributed by atoms with van der Waals surface area (Å²) >= 11 is 0. The third-order valence-corrected chi connectivity index (χ3v) is 11.7. The Morgan fingerprint density at radius 1 is 1.10 bits per heavy atom. The molecular formula is C32H32N2O5S. The Labute approximate surface area is 233 Å². The standard InChI is InChI=1S/C32H32N2O5S/c1-38-24-12-10-20-15-25-32(35)16-23-22-11-9-19-5-3-4-6-21(19)27(22)34(40(2,36)37)28(23)30-31(32,26(20)29(24)39-30)13-14-33(25)17-18-7-8-18/h3-6,9-12,18,25,30,35H,7-8,13-17H2,1-2H3/t25-,30?,31+,32?/m1/s1. The molecule has 4 atom stereocenters. The van der Waals surface area contributed by atoms with Crippen LogP contribution < -0.4 is 9.47 Å². The van der Waals surface area contributed by atoms with Gasteiger partial charge in [-0.05, 0) is 60.7 Å². The van der Waals surface area contributed by atoms with E-state index in [0.29, 0.717) is 41.5 Å². The molecule has 1 N–H and O–H groups in total. The van der Waals surface area contributed by atoms with Crippen molar-refractivity contribution in [3.8, 4) is 11.5 Å². The number of rotatable bonds is 4. The van der Waals surface area contributed by atoms with Crippen molar-refractivity contribution < 1.29 is 23.0 Å². The van der Waals surface area contributed by atoms with E-state index in [1.54, 1.807) is 7.11 Å². The maximum absolute atomic E-state index is 13.7. The van der Waals surface area contributed by atoms with Crippen molar-refractivity contribution in [3.63, 3.8) is 0 Å². The Morgan fingerprint density at radius 2 is 1.93 bits per heavy atom. The van der Waals surface area contributed by atoms with Gasteiger partial charge >= 0.3 is 0 Å². The first-order chi connectivity index (χ1) is 19.3. The van der Waals surface area contributed by atoms with Gasteiger partial charge in [-0.15, -0.1) is 0 Å². The first kappa shape index (κ1) is 23.6. The Morgan fingerprint density at radius 3 is 2.70 bits per heavy atom. The van der Waals surface area contributed by atoms with Gasteiger partial charge in [-0.1, -0.05) is 42.5 Å². The highest BCUT2D eigenvalue weighted by atomic mass is 32.2. The minimum absolute atomic E-state index is 0.0648. The number of fused-ring (bicyclic) bond motifs is 6. The quantitative estimate of drug-likeness (QED) is 0.404. The van der Waals surface area contributed by atoms with Crippen molar-refractivity contribution in [1.29, 1.82) is 0 Å². The number of benzene rings is 3. The molecule has 7 nitrogen and oxygen atoms in total. The molecule has 2 bridgehead atoms. The van der Waals surface area contributed by atoms with Gasteiger partial charge in [-0.25, -0.2) is 12.4 Å². The lowest BCUT2D eigenvalue weighted by Gasteiger charge is -2.62. The molecule has 1 aromatic heterocycles. The molecule has 206 valence electrons. The van der Waals surface area contributed by atoms with Crippen LogP contribution in [0, 0.1) is 5.92 Å². The zero-order valence-electron chi connectivity index (χ0n) is 22.7. The number of aliphatic hydroxyl groups is 1. The van der Waals surface area contributed by atoms with Crippen molar-refractivity contribution in [2.75, 3.05) is 26.5 Å². The molecule has 3 aliphatic carbocycles. The Hall–Kier alpha value is -3.07. The van der Waals surface area contributed by atoms with Gasteiger partial charge in [0.15, 0.2) is 17.6 Å². The Balaban J connectivity index is 1.40. The molecule has 4 aromatic rings. The van der Waals surface area contributed by atoms with E-state index in [0.717, 1.165) is 46.8 Å². The third-order valence-electron chi connectivity index (χ3n) is 10.7. The molecule has 2 aliphatic heterocycles. The average molecular weight is 557 g/mol. The van der Waals surface area contributed by atoms with Gasteiger partial charge in [0.05, 0.1) is 35.6 Å². The van der Waals surface area contributed by atoms with E-state index in [-0.39, 0.29) is 6.04 Å². The minimum atomic E-state index is -3.73. The molecule has 9 rings (SSSR count). The summed E-state index contributed by atoms with van der Waals surface area (Å²) in [6, 6.07) is 16.1. The van der Waals surface area contributed by atoms with E-state index < -0.39 is 27.1 Å². The van der Waals surface area contributed by atoms with Crippen molar-refractivity contribution in [1.82, 2.24) is 8.87 Å². The van der Waals surface area contributed by atoms with E-state index in [9.17, 15) is 13.5 Å². The average Bonchev–Trinajstić information content (AvgIpc) is 3.58. The molecule has 8 heteroatoms. The SMILES string of the molecule is COc1ccc2c3c1OC1c4c(c5ccc6ccccc6c5n4S(C)(=O)=O)CC4(O)[C@@H](C2)N(CC2CC2)CC[C@]314. The van der Waals surface area contributed by atoms with Gasteiger partial charge in [0.1, 0.15) is 0 Å². The molecule has 0 amide bonds. The van der Waals surface area contributed by atoms with Gasteiger partial charge in [0.25, 0.3) is 0 Å². The number of methoxy groups -OCH3 is 1. The van der Waals surface area contributed by atoms with Crippen LogP contribution in [-0.4, -0.2) is 60.5 Å². The molecule has 1 spiro atoms. The first-order valence-corrected chi connectivity index (χ1v) is 16.2. The number of hydrogen-bond acceptors (Lipinski definition) is 6. The monoisotopic (exact) mass is 556 g/mol. The van der Waals surface area contributed by atoms with Crippen LogP contribution in [0.4, 0.5) is 0 Å². The largest absolute Gasteiger partial charge is 0.493 e. The predicted molar refractivity (Wildman–Crippen MR) is 153 cm³/mol. The van der Waals surface area contributed by atoms with Gasteiger partial charge < -0.3 is 14.6 Å². The van der Waals surface area contributed by atoms with E-state index in [2.05, 4.69) is 17.0 Å². The highest BCUT2D eigenvalue weighted by Crippen LogP contribution is 2.69. The maximum Gasteiger partial charge on any atom is 0.236 e. The Kier molecular flexibility index (Phi) is 4.37. The molecule has 1 saturated heterocycles. The second kappa shape index (κ2) is 7.41. The highest BCUT2D eigenvalue weighted by molar-refractivity contribution is 7.89. The van der Waals surface area contributed by atoms with Crippen LogP contribution in [0.25, 0.3) is 21.7 Å². The van der Waals surface area contributed by atoms with E-state index in [1.807, 2.05) is 36.4 Å². The third kappa shape index (κ3) is 2.66.